The van der Waals surface area contributed by atoms with Crippen LogP contribution in [0.5, 0.6) is 0 Å². The van der Waals surface area contributed by atoms with E-state index in [1.807, 2.05) is 30.7 Å². The molecule has 0 N–H and O–H groups in total. The molecule has 0 radical (unpaired) electrons. The number of rotatable bonds is 4. The van der Waals surface area contributed by atoms with Crippen molar-refractivity contribution in [1.29, 1.82) is 0 Å². The third-order valence-corrected chi connectivity index (χ3v) is 4.97. The van der Waals surface area contributed by atoms with E-state index in [9.17, 15) is 4.79 Å². The molecule has 5 heteroatoms. The number of pyridine rings is 2. The third-order valence-electron chi connectivity index (χ3n) is 4.97. The maximum Gasteiger partial charge on any atom is 0.252 e. The number of hydrogen-bond donors (Lipinski definition) is 0. The van der Waals surface area contributed by atoms with Gasteiger partial charge < -0.3 is 0 Å². The van der Waals surface area contributed by atoms with Crippen LogP contribution in [0, 0.1) is 13.8 Å². The zero-order valence-electron chi connectivity index (χ0n) is 15.8. The Labute approximate surface area is 157 Å². The minimum atomic E-state index is -0.0249. The lowest BCUT2D eigenvalue weighted by Gasteiger charge is -2.12. The van der Waals surface area contributed by atoms with Gasteiger partial charge in [-0.25, -0.2) is 4.68 Å². The van der Waals surface area contributed by atoms with Crippen LogP contribution in [-0.2, 0) is 13.0 Å². The number of benzene rings is 1. The van der Waals surface area contributed by atoms with E-state index >= 15 is 0 Å². The first kappa shape index (κ1) is 17.2. The van der Waals surface area contributed by atoms with Crippen molar-refractivity contribution in [3.8, 4) is 5.69 Å². The molecule has 1 aromatic carbocycles. The van der Waals surface area contributed by atoms with Crippen molar-refractivity contribution < 1.29 is 0 Å². The Morgan fingerprint density at radius 1 is 0.963 bits per heavy atom. The van der Waals surface area contributed by atoms with Crippen LogP contribution >= 0.6 is 0 Å². The summed E-state index contributed by atoms with van der Waals surface area (Å²) in [6.07, 6.45) is 4.49. The Kier molecular flexibility index (Phi) is 4.36. The maximum absolute atomic E-state index is 12.9. The first-order chi connectivity index (χ1) is 13.1. The normalized spacial score (nSPS) is 11.2. The van der Waals surface area contributed by atoms with E-state index in [2.05, 4.69) is 36.2 Å². The molecule has 0 aliphatic heterocycles. The summed E-state index contributed by atoms with van der Waals surface area (Å²) in [5, 5.41) is 5.80. The van der Waals surface area contributed by atoms with Gasteiger partial charge in [-0.2, -0.15) is 5.10 Å². The summed E-state index contributed by atoms with van der Waals surface area (Å²) in [6, 6.07) is 13.9. The number of fused-ring (bicyclic) bond motifs is 1. The van der Waals surface area contributed by atoms with Gasteiger partial charge in [-0.3, -0.25) is 14.3 Å². The van der Waals surface area contributed by atoms with Gasteiger partial charge in [0.05, 0.1) is 17.9 Å². The highest BCUT2D eigenvalue weighted by Gasteiger charge is 2.17. The Bertz CT molecular complexity index is 1160. The number of aryl methyl sites for hydroxylation is 3. The standard InChI is InChI=1S/C22H22N4O/c1-4-17-5-7-19(8-6-17)26-22-21(16(3)24-26)15(2)13-20(27)25(22)14-18-9-11-23-12-10-18/h5-13H,4,14H2,1-3H3. The third kappa shape index (κ3) is 3.05. The molecular weight excluding hydrogens is 336 g/mol. The number of hydrogen-bond acceptors (Lipinski definition) is 3. The summed E-state index contributed by atoms with van der Waals surface area (Å²) in [4.78, 5) is 16.9. The Hall–Kier alpha value is -3.21. The van der Waals surface area contributed by atoms with Crippen LogP contribution < -0.4 is 5.56 Å². The largest absolute Gasteiger partial charge is 0.288 e. The molecule has 0 aliphatic rings. The molecule has 4 rings (SSSR count). The molecule has 0 fully saturated rings. The second-order valence-corrected chi connectivity index (χ2v) is 6.82. The Balaban J connectivity index is 1.98. The summed E-state index contributed by atoms with van der Waals surface area (Å²) in [5.41, 5.74) is 5.95. The molecule has 27 heavy (non-hydrogen) atoms. The van der Waals surface area contributed by atoms with Gasteiger partial charge in [0.15, 0.2) is 0 Å². The second-order valence-electron chi connectivity index (χ2n) is 6.82. The van der Waals surface area contributed by atoms with E-state index in [0.717, 1.165) is 40.0 Å². The average molecular weight is 358 g/mol. The molecule has 4 aromatic rings. The van der Waals surface area contributed by atoms with E-state index in [1.54, 1.807) is 23.0 Å². The van der Waals surface area contributed by atoms with Gasteiger partial charge in [-0.05, 0) is 61.2 Å². The topological polar surface area (TPSA) is 52.7 Å². The first-order valence-electron chi connectivity index (χ1n) is 9.16. The smallest absolute Gasteiger partial charge is 0.252 e. The van der Waals surface area contributed by atoms with Crippen LogP contribution in [0.4, 0.5) is 0 Å². The highest BCUT2D eigenvalue weighted by molar-refractivity contribution is 5.83. The summed E-state index contributed by atoms with van der Waals surface area (Å²) >= 11 is 0. The van der Waals surface area contributed by atoms with E-state index in [4.69, 9.17) is 5.10 Å². The fourth-order valence-corrected chi connectivity index (χ4v) is 3.54. The second kappa shape index (κ2) is 6.83. The van der Waals surface area contributed by atoms with E-state index < -0.39 is 0 Å². The first-order valence-corrected chi connectivity index (χ1v) is 9.16. The molecule has 136 valence electrons. The van der Waals surface area contributed by atoms with Gasteiger partial charge in [-0.1, -0.05) is 19.1 Å². The summed E-state index contributed by atoms with van der Waals surface area (Å²) in [7, 11) is 0. The summed E-state index contributed by atoms with van der Waals surface area (Å²) < 4.78 is 3.69. The van der Waals surface area contributed by atoms with Crippen LogP contribution in [0.15, 0.2) is 59.7 Å². The lowest BCUT2D eigenvalue weighted by atomic mass is 10.1. The summed E-state index contributed by atoms with van der Waals surface area (Å²) in [5.74, 6) is 0. The van der Waals surface area contributed by atoms with E-state index in [0.29, 0.717) is 6.54 Å². The van der Waals surface area contributed by atoms with Crippen LogP contribution in [0.1, 0.15) is 29.3 Å². The van der Waals surface area contributed by atoms with E-state index in [1.165, 1.54) is 5.56 Å². The van der Waals surface area contributed by atoms with Gasteiger partial charge in [0, 0.05) is 23.8 Å². The predicted molar refractivity (Wildman–Crippen MR) is 108 cm³/mol. The number of nitrogens with zero attached hydrogens (tertiary/aromatic N) is 4. The molecule has 0 saturated heterocycles. The molecule has 0 atom stereocenters. The van der Waals surface area contributed by atoms with Gasteiger partial charge in [-0.15, -0.1) is 0 Å². The minimum absolute atomic E-state index is 0.0249. The molecule has 0 amide bonds. The van der Waals surface area contributed by atoms with Crippen molar-refractivity contribution >= 4 is 11.0 Å². The minimum Gasteiger partial charge on any atom is -0.288 e. The molecule has 5 nitrogen and oxygen atoms in total. The van der Waals surface area contributed by atoms with Crippen molar-refractivity contribution in [3.63, 3.8) is 0 Å². The average Bonchev–Trinajstić information content (AvgIpc) is 3.03. The van der Waals surface area contributed by atoms with Gasteiger partial charge in [0.2, 0.25) is 0 Å². The van der Waals surface area contributed by atoms with Crippen molar-refractivity contribution in [2.75, 3.05) is 0 Å². The van der Waals surface area contributed by atoms with E-state index in [-0.39, 0.29) is 5.56 Å². The number of aromatic nitrogens is 4. The van der Waals surface area contributed by atoms with Crippen molar-refractivity contribution in [1.82, 2.24) is 19.3 Å². The fraction of sp³-hybridized carbons (Fsp3) is 0.227. The Morgan fingerprint density at radius 3 is 2.33 bits per heavy atom. The fourth-order valence-electron chi connectivity index (χ4n) is 3.54. The molecule has 0 unspecified atom stereocenters. The van der Waals surface area contributed by atoms with Gasteiger partial charge >= 0.3 is 0 Å². The highest BCUT2D eigenvalue weighted by atomic mass is 16.1. The zero-order chi connectivity index (χ0) is 19.0. The van der Waals surface area contributed by atoms with Gasteiger partial charge in [0.1, 0.15) is 5.65 Å². The SMILES string of the molecule is CCc1ccc(-n2nc(C)c3c(C)cc(=O)n(Cc4ccncc4)c32)cc1. The van der Waals surface area contributed by atoms with Crippen LogP contribution in [0.2, 0.25) is 0 Å². The molecular formula is C22H22N4O. The van der Waals surface area contributed by atoms with Crippen LogP contribution in [0.25, 0.3) is 16.7 Å². The molecule has 3 heterocycles. The highest BCUT2D eigenvalue weighted by Crippen LogP contribution is 2.24. The monoisotopic (exact) mass is 358 g/mol. The quantitative estimate of drug-likeness (QED) is 0.557. The molecule has 0 spiro atoms. The predicted octanol–water partition coefficient (Wildman–Crippen LogP) is 3.81. The zero-order valence-corrected chi connectivity index (χ0v) is 15.8. The summed E-state index contributed by atoms with van der Waals surface area (Å²) in [6.45, 7) is 6.59. The lowest BCUT2D eigenvalue weighted by molar-refractivity contribution is 0.749. The van der Waals surface area contributed by atoms with Crippen LogP contribution in [0.3, 0.4) is 0 Å². The molecule has 3 aromatic heterocycles. The lowest BCUT2D eigenvalue weighted by Crippen LogP contribution is -2.22. The van der Waals surface area contributed by atoms with Crippen molar-refractivity contribution in [2.45, 2.75) is 33.7 Å². The molecule has 0 bridgehead atoms. The van der Waals surface area contributed by atoms with Gasteiger partial charge in [0.25, 0.3) is 5.56 Å². The van der Waals surface area contributed by atoms with Crippen LogP contribution in [-0.4, -0.2) is 19.3 Å². The maximum atomic E-state index is 12.9. The Morgan fingerprint density at radius 2 is 1.67 bits per heavy atom. The van der Waals surface area contributed by atoms with Crippen molar-refractivity contribution in [2.24, 2.45) is 0 Å². The van der Waals surface area contributed by atoms with Crippen molar-refractivity contribution in [3.05, 3.63) is 87.6 Å². The molecule has 0 aliphatic carbocycles. The molecule has 0 saturated carbocycles.